The van der Waals surface area contributed by atoms with E-state index in [-0.39, 0.29) is 12.1 Å². The van der Waals surface area contributed by atoms with Crippen LogP contribution in [0, 0.1) is 0 Å². The predicted molar refractivity (Wildman–Crippen MR) is 114 cm³/mol. The Morgan fingerprint density at radius 3 is 2.40 bits per heavy atom. The highest BCUT2D eigenvalue weighted by molar-refractivity contribution is 6.33. The van der Waals surface area contributed by atoms with Gasteiger partial charge in [0.2, 0.25) is 0 Å². The summed E-state index contributed by atoms with van der Waals surface area (Å²) in [6, 6.07) is 12.1. The van der Waals surface area contributed by atoms with Gasteiger partial charge in [0.05, 0.1) is 37.6 Å². The molecule has 0 aliphatic carbocycles. The smallest absolute Gasteiger partial charge is 0.255 e. The molecule has 1 heterocycles. The van der Waals surface area contributed by atoms with Crippen LogP contribution in [-0.2, 0) is 0 Å². The average Bonchev–Trinajstić information content (AvgIpc) is 3.31. The Morgan fingerprint density at radius 2 is 1.77 bits per heavy atom. The first kappa shape index (κ1) is 21.5. The molecule has 1 aromatic heterocycles. The molecule has 1 unspecified atom stereocenters. The third-order valence-corrected chi connectivity index (χ3v) is 4.95. The molecule has 7 nitrogen and oxygen atoms in total. The SMILES string of the molecule is COc1ccc(OC)c(C(O)CNC(=O)c2cc(Cl)c(-n3cccc3)cc2OC)c1. The van der Waals surface area contributed by atoms with E-state index in [1.807, 2.05) is 29.1 Å². The second kappa shape index (κ2) is 9.56. The predicted octanol–water partition coefficient (Wildman–Crippen LogP) is 3.62. The number of carbonyl (C=O) groups excluding carboxylic acids is 1. The molecule has 3 aromatic rings. The highest BCUT2D eigenvalue weighted by Gasteiger charge is 2.20. The molecule has 0 bridgehead atoms. The third-order valence-electron chi connectivity index (χ3n) is 4.65. The van der Waals surface area contributed by atoms with E-state index in [2.05, 4.69) is 5.32 Å². The van der Waals surface area contributed by atoms with E-state index in [4.69, 9.17) is 25.8 Å². The second-order valence-electron chi connectivity index (χ2n) is 6.43. The van der Waals surface area contributed by atoms with Gasteiger partial charge < -0.3 is 29.2 Å². The molecule has 8 heteroatoms. The zero-order valence-corrected chi connectivity index (χ0v) is 17.6. The summed E-state index contributed by atoms with van der Waals surface area (Å²) in [5, 5.41) is 13.7. The molecule has 2 N–H and O–H groups in total. The summed E-state index contributed by atoms with van der Waals surface area (Å²) in [6.45, 7) is -0.0392. The van der Waals surface area contributed by atoms with Crippen LogP contribution in [0.15, 0.2) is 54.9 Å². The molecule has 0 saturated heterocycles. The molecule has 0 aliphatic heterocycles. The zero-order chi connectivity index (χ0) is 21.7. The number of hydrogen-bond acceptors (Lipinski definition) is 5. The summed E-state index contributed by atoms with van der Waals surface area (Å²) < 4.78 is 17.7. The van der Waals surface area contributed by atoms with E-state index in [0.717, 1.165) is 0 Å². The molecule has 30 heavy (non-hydrogen) atoms. The molecule has 3 rings (SSSR count). The van der Waals surface area contributed by atoms with E-state index in [1.165, 1.54) is 21.3 Å². The monoisotopic (exact) mass is 430 g/mol. The van der Waals surface area contributed by atoms with Gasteiger partial charge in [0.1, 0.15) is 23.4 Å². The summed E-state index contributed by atoms with van der Waals surface area (Å²) in [6.07, 6.45) is 2.69. The Bertz CT molecular complexity index is 1020. The quantitative estimate of drug-likeness (QED) is 0.570. The summed E-state index contributed by atoms with van der Waals surface area (Å²) in [5.41, 5.74) is 1.46. The molecular weight excluding hydrogens is 408 g/mol. The number of nitrogens with zero attached hydrogens (tertiary/aromatic N) is 1. The van der Waals surface area contributed by atoms with Gasteiger partial charge in [0, 0.05) is 30.6 Å². The molecule has 158 valence electrons. The Labute approximate surface area is 179 Å². The maximum Gasteiger partial charge on any atom is 0.255 e. The van der Waals surface area contributed by atoms with Crippen molar-refractivity contribution >= 4 is 17.5 Å². The van der Waals surface area contributed by atoms with Crippen LogP contribution in [0.3, 0.4) is 0 Å². The Balaban J connectivity index is 1.79. The van der Waals surface area contributed by atoms with Gasteiger partial charge in [-0.3, -0.25) is 4.79 Å². The van der Waals surface area contributed by atoms with Crippen molar-refractivity contribution in [2.75, 3.05) is 27.9 Å². The van der Waals surface area contributed by atoms with Crippen molar-refractivity contribution in [3.05, 3.63) is 71.0 Å². The van der Waals surface area contributed by atoms with Crippen molar-refractivity contribution in [3.63, 3.8) is 0 Å². The van der Waals surface area contributed by atoms with Gasteiger partial charge in [0.15, 0.2) is 0 Å². The number of aliphatic hydroxyl groups excluding tert-OH is 1. The summed E-state index contributed by atoms with van der Waals surface area (Å²) in [4.78, 5) is 12.8. The molecule has 0 saturated carbocycles. The number of rotatable bonds is 8. The molecule has 2 aromatic carbocycles. The Hall–Kier alpha value is -3.16. The minimum Gasteiger partial charge on any atom is -0.497 e. The lowest BCUT2D eigenvalue weighted by Gasteiger charge is -2.17. The third kappa shape index (κ3) is 4.53. The summed E-state index contributed by atoms with van der Waals surface area (Å²) in [5.74, 6) is 1.02. The molecule has 0 aliphatic rings. The normalized spacial score (nSPS) is 11.6. The lowest BCUT2D eigenvalue weighted by Crippen LogP contribution is -2.29. The fraction of sp³-hybridized carbons (Fsp3) is 0.227. The van der Waals surface area contributed by atoms with E-state index < -0.39 is 12.0 Å². The first-order valence-corrected chi connectivity index (χ1v) is 9.55. The topological polar surface area (TPSA) is 82.0 Å². The van der Waals surface area contributed by atoms with Gasteiger partial charge in [-0.2, -0.15) is 0 Å². The number of nitrogens with one attached hydrogen (secondary N) is 1. The van der Waals surface area contributed by atoms with Gasteiger partial charge in [-0.1, -0.05) is 11.6 Å². The van der Waals surface area contributed by atoms with Crippen LogP contribution in [0.4, 0.5) is 0 Å². The van der Waals surface area contributed by atoms with Crippen molar-refractivity contribution in [3.8, 4) is 22.9 Å². The van der Waals surface area contributed by atoms with Crippen LogP contribution in [0.25, 0.3) is 5.69 Å². The van der Waals surface area contributed by atoms with Crippen LogP contribution in [-0.4, -0.2) is 43.5 Å². The highest BCUT2D eigenvalue weighted by atomic mass is 35.5. The molecule has 0 fully saturated rings. The number of methoxy groups -OCH3 is 3. The fourth-order valence-corrected chi connectivity index (χ4v) is 3.34. The van der Waals surface area contributed by atoms with Crippen molar-refractivity contribution in [1.82, 2.24) is 9.88 Å². The second-order valence-corrected chi connectivity index (χ2v) is 6.84. The summed E-state index contributed by atoms with van der Waals surface area (Å²) >= 11 is 6.39. The van der Waals surface area contributed by atoms with Crippen molar-refractivity contribution in [2.24, 2.45) is 0 Å². The van der Waals surface area contributed by atoms with E-state index in [0.29, 0.717) is 33.5 Å². The first-order chi connectivity index (χ1) is 14.5. The Morgan fingerprint density at radius 1 is 1.07 bits per heavy atom. The van der Waals surface area contributed by atoms with Crippen LogP contribution in [0.2, 0.25) is 5.02 Å². The summed E-state index contributed by atoms with van der Waals surface area (Å²) in [7, 11) is 4.53. The maximum absolute atomic E-state index is 12.8. The number of hydrogen-bond donors (Lipinski definition) is 2. The van der Waals surface area contributed by atoms with Crippen molar-refractivity contribution in [1.29, 1.82) is 0 Å². The molecule has 1 atom stereocenters. The van der Waals surface area contributed by atoms with Gasteiger partial charge in [-0.05, 0) is 36.4 Å². The van der Waals surface area contributed by atoms with Gasteiger partial charge in [-0.15, -0.1) is 0 Å². The molecule has 1 amide bonds. The number of ether oxygens (including phenoxy) is 3. The highest BCUT2D eigenvalue weighted by Crippen LogP contribution is 2.31. The number of carbonyl (C=O) groups is 1. The number of aliphatic hydroxyl groups is 1. The van der Waals surface area contributed by atoms with Crippen LogP contribution >= 0.6 is 11.6 Å². The van der Waals surface area contributed by atoms with Gasteiger partial charge in [0.25, 0.3) is 5.91 Å². The number of aromatic nitrogens is 1. The fourth-order valence-electron chi connectivity index (χ4n) is 3.08. The average molecular weight is 431 g/mol. The number of benzene rings is 2. The molecular formula is C22H23ClN2O5. The Kier molecular flexibility index (Phi) is 6.87. The number of halogens is 1. The number of amides is 1. The molecule has 0 spiro atoms. The van der Waals surface area contributed by atoms with Crippen molar-refractivity contribution < 1.29 is 24.1 Å². The van der Waals surface area contributed by atoms with Crippen molar-refractivity contribution in [2.45, 2.75) is 6.10 Å². The van der Waals surface area contributed by atoms with E-state index in [9.17, 15) is 9.90 Å². The maximum atomic E-state index is 12.8. The minimum absolute atomic E-state index is 0.0392. The lowest BCUT2D eigenvalue weighted by atomic mass is 10.1. The van der Waals surface area contributed by atoms with Gasteiger partial charge in [-0.25, -0.2) is 0 Å². The van der Waals surface area contributed by atoms with Crippen LogP contribution in [0.1, 0.15) is 22.0 Å². The first-order valence-electron chi connectivity index (χ1n) is 9.17. The molecule has 0 radical (unpaired) electrons. The lowest BCUT2D eigenvalue weighted by molar-refractivity contribution is 0.0911. The van der Waals surface area contributed by atoms with E-state index in [1.54, 1.807) is 30.3 Å². The van der Waals surface area contributed by atoms with Crippen LogP contribution < -0.4 is 19.5 Å². The standard InChI is InChI=1S/C22H23ClN2O5/c1-28-14-6-7-20(29-2)15(10-14)19(26)13-24-22(27)16-11-17(23)18(12-21(16)30-3)25-8-4-5-9-25/h4-12,19,26H,13H2,1-3H3,(H,24,27). The largest absolute Gasteiger partial charge is 0.497 e. The zero-order valence-electron chi connectivity index (χ0n) is 16.9. The van der Waals surface area contributed by atoms with Crippen LogP contribution in [0.5, 0.6) is 17.2 Å². The minimum atomic E-state index is -1.00. The van der Waals surface area contributed by atoms with Gasteiger partial charge >= 0.3 is 0 Å². The van der Waals surface area contributed by atoms with E-state index >= 15 is 0 Å².